The van der Waals surface area contributed by atoms with Gasteiger partial charge in [-0.3, -0.25) is 5.32 Å². The Bertz CT molecular complexity index is 1910. The lowest BCUT2D eigenvalue weighted by atomic mass is 9.95. The van der Waals surface area contributed by atoms with Gasteiger partial charge in [-0.1, -0.05) is 84.9 Å². The van der Waals surface area contributed by atoms with Crippen molar-refractivity contribution in [3.63, 3.8) is 0 Å². The van der Waals surface area contributed by atoms with Crippen LogP contribution in [0.1, 0.15) is 23.5 Å². The van der Waals surface area contributed by atoms with Gasteiger partial charge >= 0.3 is 0 Å². The van der Waals surface area contributed by atoms with Gasteiger partial charge < -0.3 is 14.3 Å². The predicted octanol–water partition coefficient (Wildman–Crippen LogP) is 7.95. The summed E-state index contributed by atoms with van der Waals surface area (Å²) in [5.74, 6) is 0. The highest BCUT2D eigenvalue weighted by Gasteiger charge is 2.29. The third-order valence-electron chi connectivity index (χ3n) is 7.49. The van der Waals surface area contributed by atoms with Gasteiger partial charge in [0.05, 0.1) is 17.1 Å². The fourth-order valence-corrected chi connectivity index (χ4v) is 5.87. The molecule has 0 fully saturated rings. The Kier molecular flexibility index (Phi) is 4.10. The summed E-state index contributed by atoms with van der Waals surface area (Å²) in [5.41, 5.74) is 7.85. The zero-order chi connectivity index (χ0) is 23.6. The van der Waals surface area contributed by atoms with Gasteiger partial charge in [0.15, 0.2) is 6.29 Å². The molecule has 2 aromatic heterocycles. The molecule has 1 aliphatic heterocycles. The number of fused-ring (bicyclic) bond motifs is 7. The minimum Gasteiger partial charge on any atom is -0.456 e. The largest absolute Gasteiger partial charge is 0.456 e. The van der Waals surface area contributed by atoms with Gasteiger partial charge in [-0.25, -0.2) is 0 Å². The molecule has 0 saturated carbocycles. The monoisotopic (exact) mass is 465 g/mol. The molecule has 2 N–H and O–H groups in total. The maximum absolute atomic E-state index is 6.25. The Labute approximate surface area is 207 Å². The predicted molar refractivity (Wildman–Crippen MR) is 147 cm³/mol. The number of anilines is 1. The summed E-state index contributed by atoms with van der Waals surface area (Å²) in [5, 5.41) is 12.4. The van der Waals surface area contributed by atoms with E-state index in [1.807, 2.05) is 12.1 Å². The fraction of sp³-hybridized carbons (Fsp3) is 0.0625. The second-order valence-electron chi connectivity index (χ2n) is 9.50. The molecule has 0 spiro atoms. The van der Waals surface area contributed by atoms with E-state index in [-0.39, 0.29) is 12.3 Å². The van der Waals surface area contributed by atoms with Crippen molar-refractivity contribution in [1.82, 2.24) is 9.88 Å². The first kappa shape index (κ1) is 19.7. The van der Waals surface area contributed by atoms with E-state index >= 15 is 0 Å². The van der Waals surface area contributed by atoms with E-state index in [4.69, 9.17) is 4.42 Å². The van der Waals surface area contributed by atoms with Crippen LogP contribution in [0.5, 0.6) is 0 Å². The van der Waals surface area contributed by atoms with Crippen LogP contribution < -0.4 is 10.6 Å². The molecule has 172 valence electrons. The number of aromatic nitrogens is 1. The van der Waals surface area contributed by atoms with Crippen LogP contribution in [-0.2, 0) is 0 Å². The van der Waals surface area contributed by atoms with Crippen LogP contribution in [0.3, 0.4) is 0 Å². The van der Waals surface area contributed by atoms with E-state index in [0.29, 0.717) is 0 Å². The number of rotatable bonds is 2. The minimum absolute atomic E-state index is 0.0725. The maximum Gasteiger partial charge on any atom is 0.160 e. The van der Waals surface area contributed by atoms with Gasteiger partial charge in [-0.2, -0.15) is 0 Å². The normalized spacial score (nSPS) is 17.6. The molecular formula is C32H23N3O. The zero-order valence-electron chi connectivity index (χ0n) is 19.5. The summed E-state index contributed by atoms with van der Waals surface area (Å²) in [6.07, 6.45) is -0.136. The Morgan fingerprint density at radius 2 is 1.33 bits per heavy atom. The summed E-state index contributed by atoms with van der Waals surface area (Å²) < 4.78 is 8.65. The van der Waals surface area contributed by atoms with Crippen molar-refractivity contribution in [2.24, 2.45) is 0 Å². The smallest absolute Gasteiger partial charge is 0.160 e. The summed E-state index contributed by atoms with van der Waals surface area (Å²) in [4.78, 5) is 0. The summed E-state index contributed by atoms with van der Waals surface area (Å²) in [6, 6.07) is 40.7. The third-order valence-corrected chi connectivity index (χ3v) is 7.49. The first-order valence-electron chi connectivity index (χ1n) is 12.4. The molecule has 7 aromatic rings. The quantitative estimate of drug-likeness (QED) is 0.272. The molecule has 0 amide bonds. The zero-order valence-corrected chi connectivity index (χ0v) is 19.5. The van der Waals surface area contributed by atoms with Gasteiger partial charge in [-0.05, 0) is 41.5 Å². The third kappa shape index (κ3) is 2.79. The number of hydrogen-bond donors (Lipinski definition) is 2. The summed E-state index contributed by atoms with van der Waals surface area (Å²) in [6.45, 7) is 0. The van der Waals surface area contributed by atoms with E-state index in [1.54, 1.807) is 0 Å². The van der Waals surface area contributed by atoms with Crippen LogP contribution in [0, 0.1) is 0 Å². The number of furan rings is 1. The molecule has 0 aliphatic carbocycles. The first-order valence-corrected chi connectivity index (χ1v) is 12.4. The minimum atomic E-state index is -0.136. The average molecular weight is 466 g/mol. The van der Waals surface area contributed by atoms with Crippen molar-refractivity contribution in [3.8, 4) is 0 Å². The molecule has 4 heteroatoms. The number of para-hydroxylation sites is 3. The average Bonchev–Trinajstić information content (AvgIpc) is 3.46. The lowest BCUT2D eigenvalue weighted by Crippen LogP contribution is -2.40. The SMILES string of the molecule is c1ccc(C2NC(n3c4ccccc4c4cc5oc6ccccc6c5cc43)Nc3ccccc32)cc1. The van der Waals surface area contributed by atoms with E-state index in [1.165, 1.54) is 32.9 Å². The molecule has 4 nitrogen and oxygen atoms in total. The fourth-order valence-electron chi connectivity index (χ4n) is 5.87. The molecule has 2 atom stereocenters. The highest BCUT2D eigenvalue weighted by molar-refractivity contribution is 6.16. The highest BCUT2D eigenvalue weighted by Crippen LogP contribution is 2.41. The molecule has 3 heterocycles. The van der Waals surface area contributed by atoms with Crippen molar-refractivity contribution in [3.05, 3.63) is 126 Å². The topological polar surface area (TPSA) is 42.1 Å². The highest BCUT2D eigenvalue weighted by atomic mass is 16.3. The van der Waals surface area contributed by atoms with Gasteiger partial charge in [0, 0.05) is 27.2 Å². The van der Waals surface area contributed by atoms with Crippen molar-refractivity contribution in [2.45, 2.75) is 12.3 Å². The van der Waals surface area contributed by atoms with Crippen molar-refractivity contribution in [2.75, 3.05) is 5.32 Å². The molecular weight excluding hydrogens is 442 g/mol. The van der Waals surface area contributed by atoms with Gasteiger partial charge in [0.25, 0.3) is 0 Å². The second-order valence-corrected chi connectivity index (χ2v) is 9.50. The number of benzene rings is 5. The van der Waals surface area contributed by atoms with Gasteiger partial charge in [0.1, 0.15) is 11.2 Å². The Morgan fingerprint density at radius 1 is 0.583 bits per heavy atom. The van der Waals surface area contributed by atoms with Crippen LogP contribution in [0.15, 0.2) is 120 Å². The lowest BCUT2D eigenvalue weighted by molar-refractivity contribution is 0.417. The molecule has 36 heavy (non-hydrogen) atoms. The molecule has 0 saturated heterocycles. The molecule has 8 rings (SSSR count). The van der Waals surface area contributed by atoms with E-state index < -0.39 is 0 Å². The first-order chi connectivity index (χ1) is 17.8. The Morgan fingerprint density at radius 3 is 2.25 bits per heavy atom. The number of nitrogens with zero attached hydrogens (tertiary/aromatic N) is 1. The van der Waals surface area contributed by atoms with Crippen LogP contribution in [0.25, 0.3) is 43.7 Å². The standard InChI is InChI=1S/C32H23N3O/c1-2-10-20(11-3-1)31-23-14-4-7-15-26(23)33-32(34-31)35-27-16-8-5-12-21(27)24-19-30-25(18-28(24)35)22-13-6-9-17-29(22)36-30/h1-19,31-34H. The number of hydrogen-bond acceptors (Lipinski definition) is 3. The molecule has 5 aromatic carbocycles. The summed E-state index contributed by atoms with van der Waals surface area (Å²) >= 11 is 0. The molecule has 2 unspecified atom stereocenters. The Balaban J connectivity index is 1.40. The van der Waals surface area contributed by atoms with Crippen LogP contribution in [0.4, 0.5) is 5.69 Å². The van der Waals surface area contributed by atoms with Crippen molar-refractivity contribution < 1.29 is 4.42 Å². The van der Waals surface area contributed by atoms with Crippen LogP contribution in [0.2, 0.25) is 0 Å². The lowest BCUT2D eigenvalue weighted by Gasteiger charge is -2.36. The molecule has 1 aliphatic rings. The van der Waals surface area contributed by atoms with Gasteiger partial charge in [-0.15, -0.1) is 0 Å². The van der Waals surface area contributed by atoms with Gasteiger partial charge in [0.2, 0.25) is 0 Å². The maximum atomic E-state index is 6.25. The van der Waals surface area contributed by atoms with Crippen molar-refractivity contribution >= 4 is 49.4 Å². The summed E-state index contributed by atoms with van der Waals surface area (Å²) in [7, 11) is 0. The second kappa shape index (κ2) is 7.48. The number of nitrogens with one attached hydrogen (secondary N) is 2. The van der Waals surface area contributed by atoms with Crippen molar-refractivity contribution in [1.29, 1.82) is 0 Å². The molecule has 0 bridgehead atoms. The Hall–Kier alpha value is -4.54. The van der Waals surface area contributed by atoms with Crippen LogP contribution in [-0.4, -0.2) is 4.57 Å². The van der Waals surface area contributed by atoms with Crippen LogP contribution >= 0.6 is 0 Å². The van der Waals surface area contributed by atoms with E-state index in [2.05, 4.69) is 118 Å². The molecule has 0 radical (unpaired) electrons. The van der Waals surface area contributed by atoms with E-state index in [0.717, 1.165) is 27.6 Å². The van der Waals surface area contributed by atoms with E-state index in [9.17, 15) is 0 Å².